The van der Waals surface area contributed by atoms with Crippen molar-refractivity contribution < 1.29 is 23.8 Å². The van der Waals surface area contributed by atoms with Gasteiger partial charge >= 0.3 is 0 Å². The van der Waals surface area contributed by atoms with Crippen molar-refractivity contribution in [3.05, 3.63) is 42.0 Å². The van der Waals surface area contributed by atoms with Crippen LogP contribution in [0.2, 0.25) is 0 Å². The predicted molar refractivity (Wildman–Crippen MR) is 104 cm³/mol. The summed E-state index contributed by atoms with van der Waals surface area (Å²) in [7, 11) is 7.88. The molecule has 0 aliphatic heterocycles. The van der Waals surface area contributed by atoms with Crippen LogP contribution >= 0.6 is 0 Å². The van der Waals surface area contributed by atoms with E-state index in [4.69, 9.17) is 14.2 Å². The Kier molecular flexibility index (Phi) is 6.28. The molecule has 0 fully saturated rings. The summed E-state index contributed by atoms with van der Waals surface area (Å²) >= 11 is 0. The summed E-state index contributed by atoms with van der Waals surface area (Å²) in [6, 6.07) is 10.4. The van der Waals surface area contributed by atoms with Gasteiger partial charge in [0.2, 0.25) is 11.7 Å². The molecule has 144 valence electrons. The molecule has 2 rings (SSSR count). The van der Waals surface area contributed by atoms with Crippen LogP contribution in [0.15, 0.2) is 36.4 Å². The summed E-state index contributed by atoms with van der Waals surface area (Å²) in [6.07, 6.45) is 0. The normalized spacial score (nSPS) is 10.1. The van der Waals surface area contributed by atoms with Crippen LogP contribution in [0.25, 0.3) is 0 Å². The van der Waals surface area contributed by atoms with E-state index in [0.29, 0.717) is 28.5 Å². The second kappa shape index (κ2) is 8.44. The summed E-state index contributed by atoms with van der Waals surface area (Å²) in [4.78, 5) is 27.4. The average Bonchev–Trinajstić information content (AvgIpc) is 2.70. The van der Waals surface area contributed by atoms with Gasteiger partial charge in [-0.05, 0) is 36.4 Å². The number of hydrogen-bond acceptors (Lipinski definition) is 5. The van der Waals surface area contributed by atoms with Crippen LogP contribution in [-0.4, -0.2) is 47.2 Å². The van der Waals surface area contributed by atoms with E-state index in [1.807, 2.05) is 0 Å². The standard InChI is InChI=1S/C20H24N2O5/c1-13(23)21(2)15-7-9-16(10-8-15)22(3)20(24)14-11-17(25-4)19(27-6)18(12-14)26-5/h7-12H,1-6H3. The first kappa shape index (κ1) is 20.1. The molecule has 0 bridgehead atoms. The molecule has 0 atom stereocenters. The number of ether oxygens (including phenoxy) is 3. The summed E-state index contributed by atoms with van der Waals surface area (Å²) in [5.41, 5.74) is 1.84. The van der Waals surface area contributed by atoms with Crippen molar-refractivity contribution in [2.75, 3.05) is 45.2 Å². The number of carbonyl (C=O) groups is 2. The second-order valence-electron chi connectivity index (χ2n) is 5.87. The predicted octanol–water partition coefficient (Wildman–Crippen LogP) is 2.97. The van der Waals surface area contributed by atoms with Crippen molar-refractivity contribution in [1.29, 1.82) is 0 Å². The van der Waals surface area contributed by atoms with Crippen LogP contribution in [-0.2, 0) is 4.79 Å². The number of rotatable bonds is 6. The molecule has 0 heterocycles. The first-order valence-electron chi connectivity index (χ1n) is 8.26. The molecule has 0 N–H and O–H groups in total. The van der Waals surface area contributed by atoms with Crippen LogP contribution in [0.4, 0.5) is 11.4 Å². The van der Waals surface area contributed by atoms with E-state index in [1.54, 1.807) is 50.5 Å². The molecular weight excluding hydrogens is 348 g/mol. The first-order valence-corrected chi connectivity index (χ1v) is 8.26. The van der Waals surface area contributed by atoms with Gasteiger partial charge in [0.1, 0.15) is 0 Å². The Hall–Kier alpha value is -3.22. The molecule has 0 saturated carbocycles. The molecule has 27 heavy (non-hydrogen) atoms. The zero-order valence-corrected chi connectivity index (χ0v) is 16.4. The van der Waals surface area contributed by atoms with E-state index < -0.39 is 0 Å². The fraction of sp³-hybridized carbons (Fsp3) is 0.300. The smallest absolute Gasteiger partial charge is 0.258 e. The molecule has 0 spiro atoms. The zero-order valence-electron chi connectivity index (χ0n) is 16.4. The Morgan fingerprint density at radius 1 is 0.778 bits per heavy atom. The number of benzene rings is 2. The largest absolute Gasteiger partial charge is 0.493 e. The summed E-state index contributed by atoms with van der Waals surface area (Å²) in [5, 5.41) is 0. The number of hydrogen-bond donors (Lipinski definition) is 0. The van der Waals surface area contributed by atoms with E-state index in [1.165, 1.54) is 38.1 Å². The minimum Gasteiger partial charge on any atom is -0.493 e. The van der Waals surface area contributed by atoms with Crippen LogP contribution in [0, 0.1) is 0 Å². The lowest BCUT2D eigenvalue weighted by molar-refractivity contribution is -0.116. The van der Waals surface area contributed by atoms with E-state index in [9.17, 15) is 9.59 Å². The maximum atomic E-state index is 12.9. The van der Waals surface area contributed by atoms with Crippen molar-refractivity contribution in [2.45, 2.75) is 6.92 Å². The monoisotopic (exact) mass is 372 g/mol. The molecule has 2 amide bonds. The molecule has 0 saturated heterocycles. The van der Waals surface area contributed by atoms with Gasteiger partial charge in [-0.2, -0.15) is 0 Å². The molecule has 7 nitrogen and oxygen atoms in total. The highest BCUT2D eigenvalue weighted by Crippen LogP contribution is 2.38. The first-order chi connectivity index (χ1) is 12.8. The van der Waals surface area contributed by atoms with E-state index >= 15 is 0 Å². The molecule has 2 aromatic rings. The highest BCUT2D eigenvalue weighted by Gasteiger charge is 2.20. The second-order valence-corrected chi connectivity index (χ2v) is 5.87. The van der Waals surface area contributed by atoms with Crippen molar-refractivity contribution in [3.63, 3.8) is 0 Å². The van der Waals surface area contributed by atoms with Gasteiger partial charge < -0.3 is 24.0 Å². The van der Waals surface area contributed by atoms with Crippen LogP contribution in [0.3, 0.4) is 0 Å². The average molecular weight is 372 g/mol. The minimum atomic E-state index is -0.234. The Morgan fingerprint density at radius 3 is 1.59 bits per heavy atom. The molecule has 0 radical (unpaired) electrons. The minimum absolute atomic E-state index is 0.0652. The van der Waals surface area contributed by atoms with Crippen molar-refractivity contribution in [2.24, 2.45) is 0 Å². The number of anilines is 2. The summed E-state index contributed by atoms with van der Waals surface area (Å²) in [6.45, 7) is 1.49. The van der Waals surface area contributed by atoms with E-state index in [-0.39, 0.29) is 11.8 Å². The van der Waals surface area contributed by atoms with Gasteiger partial charge in [0.25, 0.3) is 5.91 Å². The number of carbonyl (C=O) groups excluding carboxylic acids is 2. The fourth-order valence-electron chi connectivity index (χ4n) is 2.60. The Bertz CT molecular complexity index is 808. The molecule has 0 unspecified atom stereocenters. The quantitative estimate of drug-likeness (QED) is 0.780. The fourth-order valence-corrected chi connectivity index (χ4v) is 2.60. The molecule has 0 aromatic heterocycles. The van der Waals surface area contributed by atoms with Gasteiger partial charge in [-0.3, -0.25) is 9.59 Å². The van der Waals surface area contributed by atoms with E-state index in [2.05, 4.69) is 0 Å². The summed E-state index contributed by atoms with van der Waals surface area (Å²) in [5.74, 6) is 0.946. The van der Waals surface area contributed by atoms with Crippen molar-refractivity contribution >= 4 is 23.2 Å². The topological polar surface area (TPSA) is 68.3 Å². The lowest BCUT2D eigenvalue weighted by Gasteiger charge is -2.21. The number of nitrogens with zero attached hydrogens (tertiary/aromatic N) is 2. The Balaban J connectivity index is 2.33. The summed E-state index contributed by atoms with van der Waals surface area (Å²) < 4.78 is 15.9. The SMILES string of the molecule is COc1cc(C(=O)N(C)c2ccc(N(C)C(C)=O)cc2)cc(OC)c1OC. The zero-order chi connectivity index (χ0) is 20.1. The van der Waals surface area contributed by atoms with Gasteiger partial charge in [-0.25, -0.2) is 0 Å². The molecular formula is C20H24N2O5. The van der Waals surface area contributed by atoms with Gasteiger partial charge in [0.05, 0.1) is 21.3 Å². The lowest BCUT2D eigenvalue weighted by Crippen LogP contribution is -2.26. The van der Waals surface area contributed by atoms with Crippen molar-refractivity contribution in [1.82, 2.24) is 0 Å². The van der Waals surface area contributed by atoms with Gasteiger partial charge in [0, 0.05) is 38.0 Å². The van der Waals surface area contributed by atoms with Gasteiger partial charge in [-0.15, -0.1) is 0 Å². The Morgan fingerprint density at radius 2 is 1.22 bits per heavy atom. The molecule has 0 aliphatic carbocycles. The number of amides is 2. The Labute approximate surface area is 159 Å². The number of methoxy groups -OCH3 is 3. The maximum Gasteiger partial charge on any atom is 0.258 e. The molecule has 0 aliphatic rings. The maximum absolute atomic E-state index is 12.9. The highest BCUT2D eigenvalue weighted by molar-refractivity contribution is 6.06. The third kappa shape index (κ3) is 4.13. The van der Waals surface area contributed by atoms with Crippen LogP contribution in [0.1, 0.15) is 17.3 Å². The van der Waals surface area contributed by atoms with Crippen molar-refractivity contribution in [3.8, 4) is 17.2 Å². The molecule has 2 aromatic carbocycles. The van der Waals surface area contributed by atoms with E-state index in [0.717, 1.165) is 5.69 Å². The third-order valence-electron chi connectivity index (χ3n) is 4.31. The lowest BCUT2D eigenvalue weighted by atomic mass is 10.1. The van der Waals surface area contributed by atoms with Crippen LogP contribution < -0.4 is 24.0 Å². The van der Waals surface area contributed by atoms with Gasteiger partial charge in [-0.1, -0.05) is 0 Å². The third-order valence-corrected chi connectivity index (χ3v) is 4.31. The highest BCUT2D eigenvalue weighted by atomic mass is 16.5. The van der Waals surface area contributed by atoms with Gasteiger partial charge in [0.15, 0.2) is 11.5 Å². The van der Waals surface area contributed by atoms with Crippen LogP contribution in [0.5, 0.6) is 17.2 Å². The molecule has 7 heteroatoms.